The van der Waals surface area contributed by atoms with Crippen LogP contribution in [0.5, 0.6) is 0 Å². The van der Waals surface area contributed by atoms with E-state index >= 15 is 0 Å². The number of carboxylic acid groups (broad SMARTS) is 1. The van der Waals surface area contributed by atoms with Gasteiger partial charge in [0.2, 0.25) is 0 Å². The molecule has 0 heterocycles. The van der Waals surface area contributed by atoms with Crippen LogP contribution in [0.25, 0.3) is 0 Å². The summed E-state index contributed by atoms with van der Waals surface area (Å²) < 4.78 is 0. The van der Waals surface area contributed by atoms with Crippen LogP contribution in [0.15, 0.2) is 42.0 Å². The molecule has 0 amide bonds. The predicted molar refractivity (Wildman–Crippen MR) is 115 cm³/mol. The fourth-order valence-electron chi connectivity index (χ4n) is 6.12. The molecule has 0 radical (unpaired) electrons. The molecular formula is C26H34O2. The Kier molecular flexibility index (Phi) is 4.23. The first-order valence-corrected chi connectivity index (χ1v) is 10.8. The summed E-state index contributed by atoms with van der Waals surface area (Å²) in [6.45, 7) is 11.4. The quantitative estimate of drug-likeness (QED) is 0.484. The molecule has 2 nitrogen and oxygen atoms in total. The van der Waals surface area contributed by atoms with Gasteiger partial charge in [0, 0.05) is 11.5 Å². The zero-order valence-electron chi connectivity index (χ0n) is 18.1. The third-order valence-electron chi connectivity index (χ3n) is 8.09. The van der Waals surface area contributed by atoms with Crippen molar-refractivity contribution in [2.45, 2.75) is 89.4 Å². The van der Waals surface area contributed by atoms with Crippen LogP contribution >= 0.6 is 0 Å². The molecule has 4 rings (SSSR count). The molecular weight excluding hydrogens is 344 g/mol. The van der Waals surface area contributed by atoms with E-state index in [-0.39, 0.29) is 21.7 Å². The average molecular weight is 379 g/mol. The van der Waals surface area contributed by atoms with Gasteiger partial charge < -0.3 is 5.11 Å². The Labute approximate surface area is 169 Å². The third-order valence-corrected chi connectivity index (χ3v) is 8.09. The Morgan fingerprint density at radius 3 is 2.36 bits per heavy atom. The van der Waals surface area contributed by atoms with Gasteiger partial charge in [-0.15, -0.1) is 0 Å². The second kappa shape index (κ2) is 6.08. The molecule has 0 saturated heterocycles. The highest BCUT2D eigenvalue weighted by molar-refractivity contribution is 5.81. The van der Waals surface area contributed by atoms with Crippen LogP contribution in [0.1, 0.15) is 89.8 Å². The van der Waals surface area contributed by atoms with Crippen molar-refractivity contribution < 1.29 is 9.90 Å². The molecule has 3 aliphatic carbocycles. The summed E-state index contributed by atoms with van der Waals surface area (Å²) in [4.78, 5) is 10.9. The lowest BCUT2D eigenvalue weighted by Crippen LogP contribution is -2.34. The molecule has 0 aromatic heterocycles. The van der Waals surface area contributed by atoms with Crippen LogP contribution < -0.4 is 0 Å². The van der Waals surface area contributed by atoms with Crippen LogP contribution in [-0.4, -0.2) is 11.1 Å². The van der Waals surface area contributed by atoms with Crippen molar-refractivity contribution in [3.8, 4) is 0 Å². The first-order valence-electron chi connectivity index (χ1n) is 10.8. The minimum atomic E-state index is -0.868. The van der Waals surface area contributed by atoms with Crippen molar-refractivity contribution in [1.82, 2.24) is 0 Å². The van der Waals surface area contributed by atoms with E-state index in [4.69, 9.17) is 5.11 Å². The van der Waals surface area contributed by atoms with Crippen molar-refractivity contribution in [1.29, 1.82) is 0 Å². The normalized spacial score (nSPS) is 32.8. The fourth-order valence-corrected chi connectivity index (χ4v) is 6.12. The second-order valence-corrected chi connectivity index (χ2v) is 10.9. The molecule has 2 atom stereocenters. The van der Waals surface area contributed by atoms with Gasteiger partial charge in [-0.05, 0) is 77.5 Å². The smallest absolute Gasteiger partial charge is 0.328 e. The molecule has 1 aromatic carbocycles. The fraction of sp³-hybridized carbons (Fsp3) is 0.577. The van der Waals surface area contributed by atoms with E-state index in [1.165, 1.54) is 55.7 Å². The van der Waals surface area contributed by atoms with Gasteiger partial charge in [0.25, 0.3) is 0 Å². The van der Waals surface area contributed by atoms with Crippen LogP contribution in [-0.2, 0) is 21.0 Å². The largest absolute Gasteiger partial charge is 0.478 e. The molecule has 0 bridgehead atoms. The standard InChI is InChI=1S/C26H34O2/c1-18(15-22(27)28)9-12-25-10-6-11-26(25,17-25)19-7-8-20-21(16-19)24(4,5)14-13-23(20,2)3/h7-9,12,15-16H,6,10-11,13-14,17H2,1-5H3,(H,27,28)/b12-9+,18-15+/t25-,26-/m0/s1. The number of hydrogen-bond donors (Lipinski definition) is 1. The Bertz CT molecular complexity index is 886. The number of aliphatic carboxylic acids is 1. The number of carbonyl (C=O) groups is 1. The first-order chi connectivity index (χ1) is 13.0. The van der Waals surface area contributed by atoms with E-state index in [2.05, 4.69) is 52.0 Å². The summed E-state index contributed by atoms with van der Waals surface area (Å²) in [6, 6.07) is 7.36. The minimum absolute atomic E-state index is 0.225. The molecule has 1 N–H and O–H groups in total. The third kappa shape index (κ3) is 2.88. The van der Waals surface area contributed by atoms with E-state index in [0.29, 0.717) is 0 Å². The molecule has 3 aliphatic rings. The topological polar surface area (TPSA) is 37.3 Å². The van der Waals surface area contributed by atoms with E-state index in [1.54, 1.807) is 5.56 Å². The van der Waals surface area contributed by atoms with Gasteiger partial charge in [-0.2, -0.15) is 0 Å². The van der Waals surface area contributed by atoms with E-state index in [0.717, 1.165) is 5.57 Å². The molecule has 1 aromatic rings. The summed E-state index contributed by atoms with van der Waals surface area (Å²) >= 11 is 0. The van der Waals surface area contributed by atoms with E-state index in [9.17, 15) is 4.79 Å². The molecule has 0 spiro atoms. The summed E-state index contributed by atoms with van der Waals surface area (Å²) in [5.74, 6) is -0.868. The molecule has 2 heteroatoms. The lowest BCUT2D eigenvalue weighted by Gasteiger charge is -2.42. The Morgan fingerprint density at radius 1 is 1.00 bits per heavy atom. The molecule has 0 unspecified atom stereocenters. The number of carboxylic acids is 1. The summed E-state index contributed by atoms with van der Waals surface area (Å²) in [7, 11) is 0. The molecule has 150 valence electrons. The van der Waals surface area contributed by atoms with E-state index in [1.807, 2.05) is 13.0 Å². The van der Waals surface area contributed by atoms with Crippen molar-refractivity contribution in [2.24, 2.45) is 5.41 Å². The van der Waals surface area contributed by atoms with Crippen LogP contribution in [0, 0.1) is 5.41 Å². The predicted octanol–water partition coefficient (Wildman–Crippen LogP) is 6.43. The summed E-state index contributed by atoms with van der Waals surface area (Å²) in [5, 5.41) is 8.97. The summed E-state index contributed by atoms with van der Waals surface area (Å²) in [6.07, 6.45) is 13.1. The zero-order valence-corrected chi connectivity index (χ0v) is 18.1. The highest BCUT2D eigenvalue weighted by Crippen LogP contribution is 2.75. The Morgan fingerprint density at radius 2 is 1.68 bits per heavy atom. The van der Waals surface area contributed by atoms with Gasteiger partial charge in [-0.1, -0.05) is 64.5 Å². The van der Waals surface area contributed by atoms with Gasteiger partial charge in [0.1, 0.15) is 0 Å². The molecule has 2 fully saturated rings. The van der Waals surface area contributed by atoms with Crippen molar-refractivity contribution >= 4 is 5.97 Å². The number of allylic oxidation sites excluding steroid dienone is 3. The first kappa shape index (κ1) is 19.5. The highest BCUT2D eigenvalue weighted by Gasteiger charge is 2.68. The minimum Gasteiger partial charge on any atom is -0.478 e. The number of benzene rings is 1. The molecule has 2 saturated carbocycles. The lowest BCUT2D eigenvalue weighted by atomic mass is 9.62. The van der Waals surface area contributed by atoms with Gasteiger partial charge >= 0.3 is 5.97 Å². The van der Waals surface area contributed by atoms with Gasteiger partial charge in [0.15, 0.2) is 0 Å². The molecule has 28 heavy (non-hydrogen) atoms. The maximum atomic E-state index is 10.9. The monoisotopic (exact) mass is 378 g/mol. The van der Waals surface area contributed by atoms with Crippen LogP contribution in [0.2, 0.25) is 0 Å². The Balaban J connectivity index is 1.71. The maximum absolute atomic E-state index is 10.9. The Hall–Kier alpha value is -1.83. The number of fused-ring (bicyclic) bond motifs is 2. The highest BCUT2D eigenvalue weighted by atomic mass is 16.4. The molecule has 0 aliphatic heterocycles. The van der Waals surface area contributed by atoms with Crippen LogP contribution in [0.3, 0.4) is 0 Å². The van der Waals surface area contributed by atoms with Gasteiger partial charge in [-0.3, -0.25) is 0 Å². The average Bonchev–Trinajstić information content (AvgIpc) is 3.12. The van der Waals surface area contributed by atoms with E-state index < -0.39 is 5.97 Å². The van der Waals surface area contributed by atoms with Gasteiger partial charge in [-0.25, -0.2) is 4.79 Å². The number of hydrogen-bond acceptors (Lipinski definition) is 1. The van der Waals surface area contributed by atoms with Crippen molar-refractivity contribution in [3.05, 3.63) is 58.7 Å². The number of rotatable bonds is 4. The second-order valence-electron chi connectivity index (χ2n) is 10.9. The SMILES string of the molecule is CC(/C=C/[C@]12CCC[C@@]1(c1ccc3c(c1)C(C)(C)CCC3(C)C)C2)=C\C(=O)O. The van der Waals surface area contributed by atoms with Crippen molar-refractivity contribution in [2.75, 3.05) is 0 Å². The summed E-state index contributed by atoms with van der Waals surface area (Å²) in [5.41, 5.74) is 6.41. The maximum Gasteiger partial charge on any atom is 0.328 e. The lowest BCUT2D eigenvalue weighted by molar-refractivity contribution is -0.131. The zero-order chi connectivity index (χ0) is 20.4. The van der Waals surface area contributed by atoms with Crippen molar-refractivity contribution in [3.63, 3.8) is 0 Å². The van der Waals surface area contributed by atoms with Gasteiger partial charge in [0.05, 0.1) is 0 Å². The van der Waals surface area contributed by atoms with Crippen LogP contribution in [0.4, 0.5) is 0 Å².